The van der Waals surface area contributed by atoms with Crippen molar-refractivity contribution in [3.8, 4) is 0 Å². The lowest BCUT2D eigenvalue weighted by molar-refractivity contribution is 0.0607. The van der Waals surface area contributed by atoms with E-state index in [0.717, 1.165) is 38.5 Å². The number of likely N-dealkylation sites (tertiary alicyclic amines) is 1. The van der Waals surface area contributed by atoms with E-state index >= 15 is 0 Å². The zero-order valence-corrected chi connectivity index (χ0v) is 13.0. The molecule has 1 saturated carbocycles. The quantitative estimate of drug-likeness (QED) is 0.775. The molecule has 1 atom stereocenters. The Kier molecular flexibility index (Phi) is 4.91. The molecule has 3 heteroatoms. The second kappa shape index (κ2) is 6.11. The predicted molar refractivity (Wildman–Crippen MR) is 80.3 cm³/mol. The van der Waals surface area contributed by atoms with E-state index in [-0.39, 0.29) is 0 Å². The SMILES string of the molecule is CC(C)CNCC1(CN2CCC(C)(O)C2)CCCC1. The molecule has 0 bridgehead atoms. The molecule has 112 valence electrons. The molecule has 0 aromatic heterocycles. The maximum absolute atomic E-state index is 10.1. The molecule has 1 unspecified atom stereocenters. The highest BCUT2D eigenvalue weighted by Crippen LogP contribution is 2.39. The molecule has 1 aliphatic carbocycles. The summed E-state index contributed by atoms with van der Waals surface area (Å²) < 4.78 is 0. The maximum atomic E-state index is 10.1. The molecule has 0 aromatic rings. The van der Waals surface area contributed by atoms with Gasteiger partial charge in [0.15, 0.2) is 0 Å². The zero-order chi connectivity index (χ0) is 13.9. The van der Waals surface area contributed by atoms with Crippen molar-refractivity contribution in [1.82, 2.24) is 10.2 Å². The van der Waals surface area contributed by atoms with Crippen molar-refractivity contribution in [2.45, 2.75) is 58.5 Å². The fraction of sp³-hybridized carbons (Fsp3) is 1.00. The van der Waals surface area contributed by atoms with Gasteiger partial charge in [-0.3, -0.25) is 4.90 Å². The Morgan fingerprint density at radius 2 is 1.89 bits per heavy atom. The second-order valence-electron chi connectivity index (χ2n) is 7.69. The summed E-state index contributed by atoms with van der Waals surface area (Å²) in [7, 11) is 0. The summed E-state index contributed by atoms with van der Waals surface area (Å²) in [6.07, 6.45) is 6.41. The van der Waals surface area contributed by atoms with Gasteiger partial charge in [-0.1, -0.05) is 26.7 Å². The molecule has 1 aliphatic heterocycles. The van der Waals surface area contributed by atoms with Gasteiger partial charge in [0.05, 0.1) is 5.60 Å². The van der Waals surface area contributed by atoms with Gasteiger partial charge in [-0.05, 0) is 44.1 Å². The third-order valence-corrected chi connectivity index (χ3v) is 4.81. The maximum Gasteiger partial charge on any atom is 0.0758 e. The van der Waals surface area contributed by atoms with Gasteiger partial charge in [-0.25, -0.2) is 0 Å². The number of hydrogen-bond donors (Lipinski definition) is 2. The molecule has 0 aromatic carbocycles. The summed E-state index contributed by atoms with van der Waals surface area (Å²) in [4.78, 5) is 2.49. The molecule has 0 amide bonds. The summed E-state index contributed by atoms with van der Waals surface area (Å²) >= 11 is 0. The van der Waals surface area contributed by atoms with Crippen LogP contribution in [0.2, 0.25) is 0 Å². The molecule has 0 spiro atoms. The van der Waals surface area contributed by atoms with Crippen LogP contribution in [0, 0.1) is 11.3 Å². The van der Waals surface area contributed by atoms with Crippen LogP contribution >= 0.6 is 0 Å². The van der Waals surface area contributed by atoms with Crippen LogP contribution in [-0.4, -0.2) is 48.3 Å². The van der Waals surface area contributed by atoms with Gasteiger partial charge in [-0.15, -0.1) is 0 Å². The van der Waals surface area contributed by atoms with Crippen molar-refractivity contribution < 1.29 is 5.11 Å². The molecule has 2 fully saturated rings. The summed E-state index contributed by atoms with van der Waals surface area (Å²) in [5.41, 5.74) is 0.0144. The second-order valence-corrected chi connectivity index (χ2v) is 7.69. The number of nitrogens with zero attached hydrogens (tertiary/aromatic N) is 1. The van der Waals surface area contributed by atoms with Crippen molar-refractivity contribution in [2.75, 3.05) is 32.7 Å². The Balaban J connectivity index is 1.85. The molecular formula is C16H32N2O. The standard InChI is InChI=1S/C16H32N2O/c1-14(2)10-17-11-16(6-4-5-7-16)13-18-9-8-15(3,19)12-18/h14,17,19H,4-13H2,1-3H3. The number of aliphatic hydroxyl groups is 1. The van der Waals surface area contributed by atoms with Gasteiger partial charge in [0.2, 0.25) is 0 Å². The number of hydrogen-bond acceptors (Lipinski definition) is 3. The molecule has 3 nitrogen and oxygen atoms in total. The van der Waals surface area contributed by atoms with E-state index in [1.165, 1.54) is 32.2 Å². The van der Waals surface area contributed by atoms with E-state index in [9.17, 15) is 5.11 Å². The van der Waals surface area contributed by atoms with Crippen molar-refractivity contribution in [3.05, 3.63) is 0 Å². The lowest BCUT2D eigenvalue weighted by Gasteiger charge is -2.34. The van der Waals surface area contributed by atoms with Crippen LogP contribution in [0.4, 0.5) is 0 Å². The summed E-state index contributed by atoms with van der Waals surface area (Å²) in [6, 6.07) is 0. The Labute approximate surface area is 118 Å². The van der Waals surface area contributed by atoms with Crippen LogP contribution in [0.25, 0.3) is 0 Å². The van der Waals surface area contributed by atoms with Gasteiger partial charge >= 0.3 is 0 Å². The Hall–Kier alpha value is -0.120. The molecule has 2 rings (SSSR count). The smallest absolute Gasteiger partial charge is 0.0758 e. The summed E-state index contributed by atoms with van der Waals surface area (Å²) in [6.45, 7) is 11.9. The highest BCUT2D eigenvalue weighted by atomic mass is 16.3. The summed E-state index contributed by atoms with van der Waals surface area (Å²) in [5, 5.41) is 13.8. The first-order valence-electron chi connectivity index (χ1n) is 8.06. The topological polar surface area (TPSA) is 35.5 Å². The normalized spacial score (nSPS) is 31.4. The van der Waals surface area contributed by atoms with Crippen LogP contribution in [0.5, 0.6) is 0 Å². The highest BCUT2D eigenvalue weighted by Gasteiger charge is 2.39. The van der Waals surface area contributed by atoms with Crippen LogP contribution in [0.15, 0.2) is 0 Å². The Morgan fingerprint density at radius 3 is 2.42 bits per heavy atom. The average Bonchev–Trinajstić information content (AvgIpc) is 2.86. The fourth-order valence-electron chi connectivity index (χ4n) is 3.79. The van der Waals surface area contributed by atoms with Crippen LogP contribution < -0.4 is 5.32 Å². The van der Waals surface area contributed by atoms with E-state index in [4.69, 9.17) is 0 Å². The largest absolute Gasteiger partial charge is 0.389 e. The van der Waals surface area contributed by atoms with E-state index in [0.29, 0.717) is 5.41 Å². The van der Waals surface area contributed by atoms with E-state index < -0.39 is 5.60 Å². The van der Waals surface area contributed by atoms with Crippen molar-refractivity contribution in [2.24, 2.45) is 11.3 Å². The van der Waals surface area contributed by atoms with Gasteiger partial charge < -0.3 is 10.4 Å². The van der Waals surface area contributed by atoms with Crippen molar-refractivity contribution >= 4 is 0 Å². The monoisotopic (exact) mass is 268 g/mol. The first kappa shape index (κ1) is 15.3. The minimum absolute atomic E-state index is 0.453. The predicted octanol–water partition coefficient (Wildman–Crippen LogP) is 2.25. The van der Waals surface area contributed by atoms with Crippen molar-refractivity contribution in [3.63, 3.8) is 0 Å². The first-order valence-corrected chi connectivity index (χ1v) is 8.06. The van der Waals surface area contributed by atoms with E-state index in [1.54, 1.807) is 0 Å². The zero-order valence-electron chi connectivity index (χ0n) is 13.0. The van der Waals surface area contributed by atoms with Crippen molar-refractivity contribution in [1.29, 1.82) is 0 Å². The molecule has 2 aliphatic rings. The van der Waals surface area contributed by atoms with Crippen LogP contribution in [-0.2, 0) is 0 Å². The molecule has 0 radical (unpaired) electrons. The lowest BCUT2D eigenvalue weighted by atomic mass is 9.85. The molecule has 1 saturated heterocycles. The number of β-amino-alcohol motifs (C(OH)–C–C–N with tert-alkyl or cyclic N) is 1. The molecular weight excluding hydrogens is 236 g/mol. The van der Waals surface area contributed by atoms with Gasteiger partial charge in [0, 0.05) is 26.2 Å². The third-order valence-electron chi connectivity index (χ3n) is 4.81. The Morgan fingerprint density at radius 1 is 1.21 bits per heavy atom. The van der Waals surface area contributed by atoms with Gasteiger partial charge in [-0.2, -0.15) is 0 Å². The molecule has 2 N–H and O–H groups in total. The van der Waals surface area contributed by atoms with E-state index in [1.807, 2.05) is 6.92 Å². The van der Waals surface area contributed by atoms with Gasteiger partial charge in [0.25, 0.3) is 0 Å². The first-order chi connectivity index (χ1) is 8.91. The number of nitrogens with one attached hydrogen (secondary N) is 1. The van der Waals surface area contributed by atoms with Crippen LogP contribution in [0.3, 0.4) is 0 Å². The Bertz CT molecular complexity index is 282. The third kappa shape index (κ3) is 4.44. The van der Waals surface area contributed by atoms with Crippen LogP contribution in [0.1, 0.15) is 52.9 Å². The highest BCUT2D eigenvalue weighted by molar-refractivity contribution is 4.94. The lowest BCUT2D eigenvalue weighted by Crippen LogP contribution is -2.43. The molecule has 1 heterocycles. The summed E-state index contributed by atoms with van der Waals surface area (Å²) in [5.74, 6) is 0.728. The minimum Gasteiger partial charge on any atom is -0.389 e. The number of rotatable bonds is 6. The van der Waals surface area contributed by atoms with E-state index in [2.05, 4.69) is 24.1 Å². The molecule has 19 heavy (non-hydrogen) atoms. The average molecular weight is 268 g/mol. The van der Waals surface area contributed by atoms with Gasteiger partial charge in [0.1, 0.15) is 0 Å². The fourth-order valence-corrected chi connectivity index (χ4v) is 3.79. The minimum atomic E-state index is -0.453.